The van der Waals surface area contributed by atoms with E-state index in [1.807, 2.05) is 0 Å². The van der Waals surface area contributed by atoms with Gasteiger partial charge >= 0.3 is 12.0 Å². The topological polar surface area (TPSA) is 122 Å². The number of hydrogen-bond acceptors (Lipinski definition) is 3. The van der Waals surface area contributed by atoms with Crippen LogP contribution >= 0.6 is 0 Å². The molecule has 1 aliphatic carbocycles. The smallest absolute Gasteiger partial charge is 0.315 e. The van der Waals surface area contributed by atoms with Gasteiger partial charge in [0.15, 0.2) is 0 Å². The molecule has 7 nitrogen and oxygen atoms in total. The molecule has 0 bridgehead atoms. The van der Waals surface area contributed by atoms with Crippen LogP contribution in [0.2, 0.25) is 0 Å². The van der Waals surface area contributed by atoms with Gasteiger partial charge in [0.05, 0.1) is 5.92 Å². The number of amides is 3. The van der Waals surface area contributed by atoms with Crippen LogP contribution in [0.1, 0.15) is 39.5 Å². The number of nitrogens with one attached hydrogen (secondary N) is 2. The summed E-state index contributed by atoms with van der Waals surface area (Å²) in [6.07, 6.45) is 2.57. The molecule has 1 fully saturated rings. The first-order valence-electron chi connectivity index (χ1n) is 6.33. The van der Waals surface area contributed by atoms with Crippen molar-refractivity contribution in [2.24, 2.45) is 11.7 Å². The van der Waals surface area contributed by atoms with E-state index in [4.69, 9.17) is 10.8 Å². The molecule has 0 radical (unpaired) electrons. The molecule has 1 saturated carbocycles. The van der Waals surface area contributed by atoms with E-state index in [1.165, 1.54) is 13.8 Å². The molecule has 108 valence electrons. The third kappa shape index (κ3) is 4.42. The fraction of sp³-hybridized carbons (Fsp3) is 0.750. The van der Waals surface area contributed by atoms with Crippen molar-refractivity contribution < 1.29 is 19.5 Å². The lowest BCUT2D eigenvalue weighted by Gasteiger charge is -2.29. The minimum Gasteiger partial charge on any atom is -0.481 e. The summed E-state index contributed by atoms with van der Waals surface area (Å²) in [5, 5.41) is 14.1. The van der Waals surface area contributed by atoms with E-state index in [0.717, 1.165) is 12.8 Å². The highest BCUT2D eigenvalue weighted by Crippen LogP contribution is 2.24. The van der Waals surface area contributed by atoms with Crippen molar-refractivity contribution in [3.05, 3.63) is 0 Å². The van der Waals surface area contributed by atoms with Gasteiger partial charge in [0.1, 0.15) is 5.54 Å². The highest BCUT2D eigenvalue weighted by atomic mass is 16.4. The molecule has 7 heteroatoms. The van der Waals surface area contributed by atoms with Gasteiger partial charge in [0.25, 0.3) is 0 Å². The molecule has 0 heterocycles. The summed E-state index contributed by atoms with van der Waals surface area (Å²) in [6.45, 7) is 3.02. The lowest BCUT2D eigenvalue weighted by atomic mass is 9.86. The maximum Gasteiger partial charge on any atom is 0.315 e. The minimum atomic E-state index is -1.13. The SMILES string of the molecule is CC(C)(NC(=O)NC1CCCC(C(=O)O)C1)C(N)=O. The Hall–Kier alpha value is -1.79. The number of carbonyl (C=O) groups excluding carboxylic acids is 2. The zero-order valence-electron chi connectivity index (χ0n) is 11.2. The normalized spacial score (nSPS) is 23.5. The summed E-state index contributed by atoms with van der Waals surface area (Å²) in [5.74, 6) is -1.87. The molecule has 0 aromatic heterocycles. The van der Waals surface area contributed by atoms with Gasteiger partial charge in [-0.25, -0.2) is 4.79 Å². The number of carboxylic acids is 1. The Balaban J connectivity index is 2.48. The minimum absolute atomic E-state index is 0.182. The van der Waals surface area contributed by atoms with E-state index >= 15 is 0 Å². The number of urea groups is 1. The second kappa shape index (κ2) is 5.90. The molecular weight excluding hydrogens is 250 g/mol. The lowest BCUT2D eigenvalue weighted by molar-refractivity contribution is -0.143. The second-order valence-corrected chi connectivity index (χ2v) is 5.49. The summed E-state index contributed by atoms with van der Waals surface area (Å²) in [4.78, 5) is 33.7. The maximum atomic E-state index is 11.7. The Kier molecular flexibility index (Phi) is 4.74. The first-order valence-corrected chi connectivity index (χ1v) is 6.33. The molecule has 3 amide bonds. The molecule has 0 aromatic carbocycles. The molecule has 19 heavy (non-hydrogen) atoms. The van der Waals surface area contributed by atoms with E-state index in [2.05, 4.69) is 10.6 Å². The average molecular weight is 271 g/mol. The van der Waals surface area contributed by atoms with Crippen molar-refractivity contribution in [2.75, 3.05) is 0 Å². The summed E-state index contributed by atoms with van der Waals surface area (Å²) in [6, 6.07) is -0.682. The number of nitrogens with two attached hydrogens (primary N) is 1. The molecule has 2 atom stereocenters. The first-order chi connectivity index (χ1) is 8.72. The van der Waals surface area contributed by atoms with Gasteiger partial charge < -0.3 is 21.5 Å². The van der Waals surface area contributed by atoms with E-state index in [9.17, 15) is 14.4 Å². The predicted molar refractivity (Wildman–Crippen MR) is 68.3 cm³/mol. The average Bonchev–Trinajstić information content (AvgIpc) is 2.28. The summed E-state index contributed by atoms with van der Waals surface area (Å²) >= 11 is 0. The Morgan fingerprint density at radius 2 is 1.89 bits per heavy atom. The van der Waals surface area contributed by atoms with Crippen LogP contribution in [-0.4, -0.2) is 34.6 Å². The maximum absolute atomic E-state index is 11.7. The molecule has 5 N–H and O–H groups in total. The number of hydrogen-bond donors (Lipinski definition) is 4. The number of rotatable bonds is 4. The molecule has 2 unspecified atom stereocenters. The number of carbonyl (C=O) groups is 3. The van der Waals surface area contributed by atoms with Crippen LogP contribution < -0.4 is 16.4 Å². The van der Waals surface area contributed by atoms with Crippen LogP contribution in [0.4, 0.5) is 4.79 Å². The van der Waals surface area contributed by atoms with Crippen LogP contribution in [0.15, 0.2) is 0 Å². The van der Waals surface area contributed by atoms with Gasteiger partial charge in [-0.1, -0.05) is 6.42 Å². The van der Waals surface area contributed by atoms with Crippen molar-refractivity contribution in [1.29, 1.82) is 0 Å². The Labute approximate surface area is 111 Å². The Morgan fingerprint density at radius 1 is 1.26 bits per heavy atom. The standard InChI is InChI=1S/C12H21N3O4/c1-12(2,10(13)18)15-11(19)14-8-5-3-4-7(6-8)9(16)17/h7-8H,3-6H2,1-2H3,(H2,13,18)(H,16,17)(H2,14,15,19). The number of aliphatic carboxylic acids is 1. The third-order valence-corrected chi connectivity index (χ3v) is 3.40. The Bertz CT molecular complexity index is 381. The molecule has 1 rings (SSSR count). The number of carboxylic acid groups (broad SMARTS) is 1. The van der Waals surface area contributed by atoms with Gasteiger partial charge in [0.2, 0.25) is 5.91 Å². The zero-order chi connectivity index (χ0) is 14.6. The van der Waals surface area contributed by atoms with Crippen molar-refractivity contribution in [3.8, 4) is 0 Å². The van der Waals surface area contributed by atoms with Gasteiger partial charge in [-0.3, -0.25) is 9.59 Å². The van der Waals surface area contributed by atoms with E-state index < -0.39 is 29.4 Å². The Morgan fingerprint density at radius 3 is 2.42 bits per heavy atom. The van der Waals surface area contributed by atoms with Crippen LogP contribution in [0, 0.1) is 5.92 Å². The largest absolute Gasteiger partial charge is 0.481 e. The molecule has 0 spiro atoms. The van der Waals surface area contributed by atoms with Crippen molar-refractivity contribution in [3.63, 3.8) is 0 Å². The summed E-state index contributed by atoms with van der Waals surface area (Å²) in [5.41, 5.74) is 4.02. The van der Waals surface area contributed by atoms with Crippen LogP contribution in [-0.2, 0) is 9.59 Å². The van der Waals surface area contributed by atoms with Crippen molar-refractivity contribution in [2.45, 2.75) is 51.1 Å². The molecular formula is C12H21N3O4. The van der Waals surface area contributed by atoms with Crippen LogP contribution in [0.3, 0.4) is 0 Å². The molecule has 0 saturated heterocycles. The first kappa shape index (κ1) is 15.3. The van der Waals surface area contributed by atoms with E-state index in [-0.39, 0.29) is 6.04 Å². The highest BCUT2D eigenvalue weighted by molar-refractivity contribution is 5.89. The van der Waals surface area contributed by atoms with Crippen LogP contribution in [0.25, 0.3) is 0 Å². The molecule has 0 aliphatic heterocycles. The van der Waals surface area contributed by atoms with Crippen molar-refractivity contribution in [1.82, 2.24) is 10.6 Å². The van der Waals surface area contributed by atoms with E-state index in [1.54, 1.807) is 0 Å². The quantitative estimate of drug-likeness (QED) is 0.583. The summed E-state index contributed by atoms with van der Waals surface area (Å²) < 4.78 is 0. The third-order valence-electron chi connectivity index (χ3n) is 3.40. The highest BCUT2D eigenvalue weighted by Gasteiger charge is 2.30. The lowest BCUT2D eigenvalue weighted by Crippen LogP contribution is -2.57. The van der Waals surface area contributed by atoms with Gasteiger partial charge in [-0.15, -0.1) is 0 Å². The fourth-order valence-corrected chi connectivity index (χ4v) is 2.11. The molecule has 1 aliphatic rings. The zero-order valence-corrected chi connectivity index (χ0v) is 11.2. The fourth-order valence-electron chi connectivity index (χ4n) is 2.11. The van der Waals surface area contributed by atoms with E-state index in [0.29, 0.717) is 12.8 Å². The predicted octanol–water partition coefficient (Wildman–Crippen LogP) is 0.193. The van der Waals surface area contributed by atoms with Gasteiger partial charge in [0, 0.05) is 6.04 Å². The molecule has 0 aromatic rings. The second-order valence-electron chi connectivity index (χ2n) is 5.49. The van der Waals surface area contributed by atoms with Crippen molar-refractivity contribution >= 4 is 17.9 Å². The van der Waals surface area contributed by atoms with Gasteiger partial charge in [-0.2, -0.15) is 0 Å². The van der Waals surface area contributed by atoms with Crippen LogP contribution in [0.5, 0.6) is 0 Å². The monoisotopic (exact) mass is 271 g/mol. The van der Waals surface area contributed by atoms with Gasteiger partial charge in [-0.05, 0) is 33.1 Å². The number of primary amides is 1. The summed E-state index contributed by atoms with van der Waals surface area (Å²) in [7, 11) is 0.